The fourth-order valence-electron chi connectivity index (χ4n) is 5.09. The van der Waals surface area contributed by atoms with Crippen molar-refractivity contribution in [2.45, 2.75) is 26.7 Å². The smallest absolute Gasteiger partial charge is 0.227 e. The summed E-state index contributed by atoms with van der Waals surface area (Å²) in [5, 5.41) is 0.943. The molecule has 4 aromatic rings. The molecule has 2 aromatic carbocycles. The highest BCUT2D eigenvalue weighted by molar-refractivity contribution is 6.02. The lowest BCUT2D eigenvalue weighted by atomic mass is 9.96. The lowest BCUT2D eigenvalue weighted by Crippen LogP contribution is -2.45. The second-order valence-corrected chi connectivity index (χ2v) is 8.95. The molecule has 0 unspecified atom stereocenters. The van der Waals surface area contributed by atoms with Crippen molar-refractivity contribution in [1.29, 1.82) is 0 Å². The number of amides is 1. The van der Waals surface area contributed by atoms with Gasteiger partial charge in [-0.1, -0.05) is 30.3 Å². The highest BCUT2D eigenvalue weighted by Gasteiger charge is 2.30. The first kappa shape index (κ1) is 23.0. The average molecular weight is 472 g/mol. The second kappa shape index (κ2) is 9.86. The minimum Gasteiger partial charge on any atom is -0.355 e. The van der Waals surface area contributed by atoms with E-state index in [1.807, 2.05) is 47.7 Å². The van der Waals surface area contributed by atoms with Crippen LogP contribution < -0.4 is 4.90 Å². The third-order valence-electron chi connectivity index (χ3n) is 6.90. The summed E-state index contributed by atoms with van der Waals surface area (Å²) in [7, 11) is 0. The topological polar surface area (TPSA) is 54.3 Å². The van der Waals surface area contributed by atoms with Crippen molar-refractivity contribution < 1.29 is 9.18 Å². The van der Waals surface area contributed by atoms with Gasteiger partial charge in [-0.2, -0.15) is 0 Å². The van der Waals surface area contributed by atoms with Crippen molar-refractivity contribution in [3.63, 3.8) is 0 Å². The zero-order chi connectivity index (χ0) is 24.4. The molecule has 1 atom stereocenters. The fourth-order valence-corrected chi connectivity index (χ4v) is 5.09. The maximum Gasteiger partial charge on any atom is 0.227 e. The fraction of sp³-hybridized carbons (Fsp3) is 0.321. The summed E-state index contributed by atoms with van der Waals surface area (Å²) in [6.45, 7) is 6.98. The van der Waals surface area contributed by atoms with Gasteiger partial charge in [0.15, 0.2) is 5.65 Å². The van der Waals surface area contributed by atoms with Crippen molar-refractivity contribution in [2.24, 2.45) is 5.92 Å². The summed E-state index contributed by atoms with van der Waals surface area (Å²) in [5.41, 5.74) is 3.66. The van der Waals surface area contributed by atoms with E-state index in [0.717, 1.165) is 66.1 Å². The number of piperidine rings is 1. The maximum atomic E-state index is 13.6. The average Bonchev–Trinajstić information content (AvgIpc) is 3.30. The Bertz CT molecular complexity index is 1310. The van der Waals surface area contributed by atoms with Crippen LogP contribution in [0, 0.1) is 11.7 Å². The van der Waals surface area contributed by atoms with Crippen LogP contribution in [-0.2, 0) is 4.79 Å². The third kappa shape index (κ3) is 4.38. The predicted octanol–water partition coefficient (Wildman–Crippen LogP) is 5.31. The quantitative estimate of drug-likeness (QED) is 0.382. The summed E-state index contributed by atoms with van der Waals surface area (Å²) in [5.74, 6) is 0.734. The molecular weight excluding hydrogens is 441 g/mol. The Labute approximate surface area is 205 Å². The number of nitrogens with zero attached hydrogens (tertiary/aromatic N) is 5. The predicted molar refractivity (Wildman–Crippen MR) is 137 cm³/mol. The first-order valence-electron chi connectivity index (χ1n) is 12.3. The lowest BCUT2D eigenvalue weighted by Gasteiger charge is -2.35. The van der Waals surface area contributed by atoms with Gasteiger partial charge in [0, 0.05) is 43.6 Å². The standard InChI is InChI=1S/C28H30FN5O/c1-3-32(4-2)28(35)21-11-8-16-33(17-21)26-25-24(20-9-6-5-7-10-20)18-34(27(25)31-19-30-26)23-14-12-22(29)13-15-23/h5-7,9-10,12-15,18-19,21H,3-4,8,11,16-17H2,1-2H3/t21-/m1/s1. The van der Waals surface area contributed by atoms with Gasteiger partial charge in [0.2, 0.25) is 5.91 Å². The highest BCUT2D eigenvalue weighted by Crippen LogP contribution is 2.38. The number of anilines is 1. The molecule has 35 heavy (non-hydrogen) atoms. The lowest BCUT2D eigenvalue weighted by molar-refractivity contribution is -0.135. The Kier molecular flexibility index (Phi) is 6.49. The van der Waals surface area contributed by atoms with Crippen LogP contribution in [0.25, 0.3) is 27.8 Å². The molecule has 3 heterocycles. The molecule has 6 nitrogen and oxygen atoms in total. The van der Waals surface area contributed by atoms with Gasteiger partial charge in [-0.25, -0.2) is 14.4 Å². The van der Waals surface area contributed by atoms with Crippen LogP contribution in [0.15, 0.2) is 67.1 Å². The van der Waals surface area contributed by atoms with Crippen LogP contribution in [0.3, 0.4) is 0 Å². The summed E-state index contributed by atoms with van der Waals surface area (Å²) in [6.07, 6.45) is 5.46. The number of rotatable bonds is 6. The molecule has 0 spiro atoms. The van der Waals surface area contributed by atoms with Gasteiger partial charge in [0.25, 0.3) is 0 Å². The van der Waals surface area contributed by atoms with E-state index in [2.05, 4.69) is 22.0 Å². The van der Waals surface area contributed by atoms with E-state index >= 15 is 0 Å². The normalized spacial score (nSPS) is 16.0. The van der Waals surface area contributed by atoms with E-state index in [1.165, 1.54) is 12.1 Å². The van der Waals surface area contributed by atoms with Crippen LogP contribution in [0.1, 0.15) is 26.7 Å². The number of carbonyl (C=O) groups is 1. The summed E-state index contributed by atoms with van der Waals surface area (Å²) >= 11 is 0. The molecule has 1 amide bonds. The minimum atomic E-state index is -0.277. The van der Waals surface area contributed by atoms with Crippen molar-refractivity contribution in [3.05, 3.63) is 72.9 Å². The van der Waals surface area contributed by atoms with E-state index < -0.39 is 0 Å². The minimum absolute atomic E-state index is 0.0481. The van der Waals surface area contributed by atoms with Crippen LogP contribution in [0.2, 0.25) is 0 Å². The van der Waals surface area contributed by atoms with Gasteiger partial charge < -0.3 is 14.4 Å². The van der Waals surface area contributed by atoms with Crippen LogP contribution in [-0.4, -0.2) is 51.5 Å². The van der Waals surface area contributed by atoms with Gasteiger partial charge in [-0.05, 0) is 56.5 Å². The van der Waals surface area contributed by atoms with Gasteiger partial charge in [0.05, 0.1) is 11.3 Å². The molecule has 1 saturated heterocycles. The Hall–Kier alpha value is -3.74. The second-order valence-electron chi connectivity index (χ2n) is 8.95. The number of hydrogen-bond donors (Lipinski definition) is 0. The highest BCUT2D eigenvalue weighted by atomic mass is 19.1. The number of aromatic nitrogens is 3. The summed E-state index contributed by atoms with van der Waals surface area (Å²) in [4.78, 5) is 26.7. The van der Waals surface area contributed by atoms with Gasteiger partial charge >= 0.3 is 0 Å². The molecule has 1 fully saturated rings. The van der Waals surface area contributed by atoms with E-state index in [-0.39, 0.29) is 17.6 Å². The van der Waals surface area contributed by atoms with Crippen molar-refractivity contribution in [1.82, 2.24) is 19.4 Å². The molecule has 0 saturated carbocycles. The molecule has 0 radical (unpaired) electrons. The summed E-state index contributed by atoms with van der Waals surface area (Å²) < 4.78 is 15.6. The van der Waals surface area contributed by atoms with E-state index in [4.69, 9.17) is 4.98 Å². The number of carbonyl (C=O) groups excluding carboxylic acids is 1. The van der Waals surface area contributed by atoms with Crippen molar-refractivity contribution in [2.75, 3.05) is 31.1 Å². The Morgan fingerprint density at radius 2 is 1.80 bits per heavy atom. The Morgan fingerprint density at radius 3 is 2.51 bits per heavy atom. The van der Waals surface area contributed by atoms with Crippen molar-refractivity contribution in [3.8, 4) is 16.8 Å². The molecule has 2 aromatic heterocycles. The molecule has 1 aliphatic rings. The number of hydrogen-bond acceptors (Lipinski definition) is 4. The van der Waals surface area contributed by atoms with Crippen LogP contribution in [0.4, 0.5) is 10.2 Å². The SMILES string of the molecule is CCN(CC)C(=O)[C@@H]1CCCN(c2ncnc3c2c(-c2ccccc2)cn3-c2ccc(F)cc2)C1. The Morgan fingerprint density at radius 1 is 1.06 bits per heavy atom. The molecule has 1 aliphatic heterocycles. The Balaban J connectivity index is 1.62. The van der Waals surface area contributed by atoms with E-state index in [9.17, 15) is 9.18 Å². The monoisotopic (exact) mass is 471 g/mol. The van der Waals surface area contributed by atoms with Crippen LogP contribution in [0.5, 0.6) is 0 Å². The molecule has 180 valence electrons. The first-order chi connectivity index (χ1) is 17.1. The first-order valence-corrected chi connectivity index (χ1v) is 12.3. The largest absolute Gasteiger partial charge is 0.355 e. The maximum absolute atomic E-state index is 13.6. The molecule has 5 rings (SSSR count). The zero-order valence-corrected chi connectivity index (χ0v) is 20.2. The summed E-state index contributed by atoms with van der Waals surface area (Å²) in [6, 6.07) is 16.6. The number of halogens is 1. The van der Waals surface area contributed by atoms with E-state index in [1.54, 1.807) is 18.5 Å². The molecule has 7 heteroatoms. The van der Waals surface area contributed by atoms with Crippen molar-refractivity contribution >= 4 is 22.8 Å². The van der Waals surface area contributed by atoms with E-state index in [0.29, 0.717) is 6.54 Å². The molecule has 0 aliphatic carbocycles. The third-order valence-corrected chi connectivity index (χ3v) is 6.90. The number of fused-ring (bicyclic) bond motifs is 1. The van der Waals surface area contributed by atoms with Gasteiger partial charge in [-0.3, -0.25) is 4.79 Å². The zero-order valence-electron chi connectivity index (χ0n) is 20.2. The van der Waals surface area contributed by atoms with Gasteiger partial charge in [-0.15, -0.1) is 0 Å². The van der Waals surface area contributed by atoms with Gasteiger partial charge in [0.1, 0.15) is 18.0 Å². The molecule has 0 bridgehead atoms. The number of benzene rings is 2. The molecular formula is C28H30FN5O. The van der Waals surface area contributed by atoms with Crippen LogP contribution >= 0.6 is 0 Å². The molecule has 0 N–H and O–H groups in total.